The Morgan fingerprint density at radius 2 is 1.26 bits per heavy atom. The fourth-order valence-electron chi connectivity index (χ4n) is 4.11. The molecule has 39 heavy (non-hydrogen) atoms. The van der Waals surface area contributed by atoms with Crippen LogP contribution in [0.25, 0.3) is 11.1 Å². The standard InChI is InChI=1S/C32H34N2O3S.HI/c1-5-38-32(33-30-21-27(15-20-31(30)37-4)26-9-7-6-8-10-26)34(22-24-11-16-28(35-2)17-12-24)23-25-13-18-29(36-3)19-14-25;/h6-21H,5,22-23H2,1-4H3;1H. The molecule has 4 rings (SSSR count). The van der Waals surface area contributed by atoms with E-state index in [1.165, 1.54) is 11.1 Å². The predicted molar refractivity (Wildman–Crippen MR) is 174 cm³/mol. The van der Waals surface area contributed by atoms with Crippen LogP contribution >= 0.6 is 35.7 Å². The highest BCUT2D eigenvalue weighted by atomic mass is 127. The lowest BCUT2D eigenvalue weighted by Gasteiger charge is -2.26. The Hall–Kier alpha value is -3.17. The summed E-state index contributed by atoms with van der Waals surface area (Å²) in [4.78, 5) is 7.51. The van der Waals surface area contributed by atoms with Crippen LogP contribution in [0.4, 0.5) is 5.69 Å². The third-order valence-electron chi connectivity index (χ3n) is 6.11. The van der Waals surface area contributed by atoms with Gasteiger partial charge in [0.25, 0.3) is 0 Å². The maximum atomic E-state index is 5.72. The maximum absolute atomic E-state index is 5.72. The average Bonchev–Trinajstić information content (AvgIpc) is 2.97. The van der Waals surface area contributed by atoms with Crippen molar-refractivity contribution in [3.63, 3.8) is 0 Å². The second-order valence-electron chi connectivity index (χ2n) is 8.63. The molecule has 7 heteroatoms. The van der Waals surface area contributed by atoms with Crippen molar-refractivity contribution in [2.24, 2.45) is 4.99 Å². The summed E-state index contributed by atoms with van der Waals surface area (Å²) in [6, 6.07) is 32.9. The van der Waals surface area contributed by atoms with Crippen LogP contribution in [0.5, 0.6) is 17.2 Å². The predicted octanol–water partition coefficient (Wildman–Crippen LogP) is 8.44. The summed E-state index contributed by atoms with van der Waals surface area (Å²) in [5.41, 5.74) is 5.40. The van der Waals surface area contributed by atoms with E-state index in [0.29, 0.717) is 13.1 Å². The largest absolute Gasteiger partial charge is 0.497 e. The monoisotopic (exact) mass is 654 g/mol. The van der Waals surface area contributed by atoms with Crippen LogP contribution in [0.2, 0.25) is 0 Å². The minimum absolute atomic E-state index is 0. The van der Waals surface area contributed by atoms with Gasteiger partial charge in [-0.25, -0.2) is 4.99 Å². The molecule has 0 aliphatic heterocycles. The molecule has 0 spiro atoms. The van der Waals surface area contributed by atoms with Crippen LogP contribution in [0.3, 0.4) is 0 Å². The summed E-state index contributed by atoms with van der Waals surface area (Å²) in [5.74, 6) is 3.32. The molecule has 0 heterocycles. The molecule has 0 radical (unpaired) electrons. The van der Waals surface area contributed by atoms with E-state index in [2.05, 4.69) is 60.4 Å². The van der Waals surface area contributed by atoms with Gasteiger partial charge in [-0.2, -0.15) is 0 Å². The first-order valence-electron chi connectivity index (χ1n) is 12.6. The van der Waals surface area contributed by atoms with E-state index in [1.807, 2.05) is 48.5 Å². The number of halogens is 1. The summed E-state index contributed by atoms with van der Waals surface area (Å²) in [7, 11) is 5.06. The number of nitrogens with zero attached hydrogens (tertiary/aromatic N) is 2. The number of thioether (sulfide) groups is 1. The number of benzene rings is 4. The number of amidine groups is 1. The van der Waals surface area contributed by atoms with Crippen molar-refractivity contribution in [1.82, 2.24) is 4.90 Å². The van der Waals surface area contributed by atoms with Gasteiger partial charge in [-0.1, -0.05) is 79.3 Å². The van der Waals surface area contributed by atoms with Crippen LogP contribution in [0, 0.1) is 0 Å². The fourth-order valence-corrected chi connectivity index (χ4v) is 4.84. The van der Waals surface area contributed by atoms with Crippen LogP contribution < -0.4 is 14.2 Å². The third kappa shape index (κ3) is 8.41. The van der Waals surface area contributed by atoms with Gasteiger partial charge in [0.05, 0.1) is 21.3 Å². The van der Waals surface area contributed by atoms with Crippen molar-refractivity contribution < 1.29 is 14.2 Å². The molecule has 4 aromatic carbocycles. The Morgan fingerprint density at radius 1 is 0.692 bits per heavy atom. The molecule has 0 atom stereocenters. The quantitative estimate of drug-likeness (QED) is 0.0976. The van der Waals surface area contributed by atoms with Crippen molar-refractivity contribution in [2.75, 3.05) is 27.1 Å². The molecule has 0 amide bonds. The minimum Gasteiger partial charge on any atom is -0.497 e. The van der Waals surface area contributed by atoms with Gasteiger partial charge in [0.1, 0.15) is 22.9 Å². The van der Waals surface area contributed by atoms with E-state index in [1.54, 1.807) is 33.1 Å². The normalized spacial score (nSPS) is 10.9. The van der Waals surface area contributed by atoms with Gasteiger partial charge in [0.15, 0.2) is 5.17 Å². The first-order chi connectivity index (χ1) is 18.6. The molecule has 0 fully saturated rings. The maximum Gasteiger partial charge on any atom is 0.165 e. The number of ether oxygens (including phenoxy) is 3. The number of rotatable bonds is 10. The summed E-state index contributed by atoms with van der Waals surface area (Å²) >= 11 is 1.72. The van der Waals surface area contributed by atoms with Crippen LogP contribution in [0.15, 0.2) is 102 Å². The van der Waals surface area contributed by atoms with E-state index < -0.39 is 0 Å². The molecule has 0 unspecified atom stereocenters. The molecule has 204 valence electrons. The minimum atomic E-state index is 0. The Morgan fingerprint density at radius 3 is 1.74 bits per heavy atom. The number of hydrogen-bond donors (Lipinski definition) is 0. The summed E-state index contributed by atoms with van der Waals surface area (Å²) in [6.07, 6.45) is 0. The molecular formula is C32H35IN2O3S. The highest BCUT2D eigenvalue weighted by molar-refractivity contribution is 14.0. The molecule has 0 aliphatic rings. The van der Waals surface area contributed by atoms with Gasteiger partial charge in [-0.15, -0.1) is 24.0 Å². The lowest BCUT2D eigenvalue weighted by Crippen LogP contribution is -2.28. The van der Waals surface area contributed by atoms with Gasteiger partial charge in [0.2, 0.25) is 0 Å². The van der Waals surface area contributed by atoms with Crippen molar-refractivity contribution >= 4 is 46.6 Å². The SMILES string of the molecule is CCSC(=Nc1cc(-c2ccccc2)ccc1OC)N(Cc1ccc(OC)cc1)Cc1ccc(OC)cc1.I. The number of aliphatic imine (C=N–C) groups is 1. The summed E-state index contributed by atoms with van der Waals surface area (Å²) in [5, 5.41) is 0.933. The Balaban J connectivity index is 0.00000420. The van der Waals surface area contributed by atoms with Crippen molar-refractivity contribution in [2.45, 2.75) is 20.0 Å². The molecule has 0 N–H and O–H groups in total. The second-order valence-corrected chi connectivity index (χ2v) is 9.86. The Bertz CT molecular complexity index is 1280. The topological polar surface area (TPSA) is 43.3 Å². The number of hydrogen-bond acceptors (Lipinski definition) is 5. The summed E-state index contributed by atoms with van der Waals surface area (Å²) in [6.45, 7) is 3.54. The van der Waals surface area contributed by atoms with E-state index in [4.69, 9.17) is 19.2 Å². The lowest BCUT2D eigenvalue weighted by atomic mass is 10.0. The van der Waals surface area contributed by atoms with Crippen molar-refractivity contribution in [1.29, 1.82) is 0 Å². The van der Waals surface area contributed by atoms with Gasteiger partial charge < -0.3 is 19.1 Å². The summed E-state index contributed by atoms with van der Waals surface area (Å²) < 4.78 is 16.4. The molecule has 0 saturated heterocycles. The second kappa shape index (κ2) is 15.4. The Labute approximate surface area is 253 Å². The van der Waals surface area contributed by atoms with E-state index >= 15 is 0 Å². The third-order valence-corrected chi connectivity index (χ3v) is 7.01. The van der Waals surface area contributed by atoms with E-state index in [9.17, 15) is 0 Å². The molecule has 0 saturated carbocycles. The molecular weight excluding hydrogens is 619 g/mol. The molecule has 0 aliphatic carbocycles. The van der Waals surface area contributed by atoms with Crippen LogP contribution in [-0.2, 0) is 13.1 Å². The molecule has 0 aromatic heterocycles. The van der Waals surface area contributed by atoms with E-state index in [-0.39, 0.29) is 24.0 Å². The first kappa shape index (κ1) is 30.4. The van der Waals surface area contributed by atoms with Gasteiger partial charge in [0, 0.05) is 13.1 Å². The van der Waals surface area contributed by atoms with Crippen molar-refractivity contribution in [3.05, 3.63) is 108 Å². The number of methoxy groups -OCH3 is 3. The average molecular weight is 655 g/mol. The molecule has 0 bridgehead atoms. The lowest BCUT2D eigenvalue weighted by molar-refractivity contribution is 0.404. The zero-order valence-electron chi connectivity index (χ0n) is 22.8. The van der Waals surface area contributed by atoms with Crippen molar-refractivity contribution in [3.8, 4) is 28.4 Å². The van der Waals surface area contributed by atoms with Gasteiger partial charge in [-0.05, 0) is 64.4 Å². The van der Waals surface area contributed by atoms with Gasteiger partial charge in [-0.3, -0.25) is 0 Å². The zero-order chi connectivity index (χ0) is 26.7. The molecule has 5 nitrogen and oxygen atoms in total. The fraction of sp³-hybridized carbons (Fsp3) is 0.219. The molecule has 4 aromatic rings. The van der Waals surface area contributed by atoms with E-state index in [0.717, 1.165) is 45.0 Å². The smallest absolute Gasteiger partial charge is 0.165 e. The Kier molecular flexibility index (Phi) is 12.0. The highest BCUT2D eigenvalue weighted by Gasteiger charge is 2.16. The van der Waals surface area contributed by atoms with Crippen LogP contribution in [0.1, 0.15) is 18.1 Å². The highest BCUT2D eigenvalue weighted by Crippen LogP contribution is 2.34. The van der Waals surface area contributed by atoms with Crippen LogP contribution in [-0.4, -0.2) is 37.1 Å². The van der Waals surface area contributed by atoms with Gasteiger partial charge >= 0.3 is 0 Å². The zero-order valence-corrected chi connectivity index (χ0v) is 25.9. The first-order valence-corrected chi connectivity index (χ1v) is 13.6.